The molecule has 4 aromatic rings. The first-order chi connectivity index (χ1) is 16.0. The summed E-state index contributed by atoms with van der Waals surface area (Å²) in [7, 11) is 0. The molecule has 6 nitrogen and oxygen atoms in total. The van der Waals surface area contributed by atoms with Crippen molar-refractivity contribution in [1.82, 2.24) is 25.1 Å². The molecule has 0 aliphatic carbocycles. The summed E-state index contributed by atoms with van der Waals surface area (Å²) in [6.07, 6.45) is 0.865. The molecule has 0 fully saturated rings. The van der Waals surface area contributed by atoms with Gasteiger partial charge >= 0.3 is 0 Å². The van der Waals surface area contributed by atoms with Crippen molar-refractivity contribution in [3.05, 3.63) is 74.7 Å². The van der Waals surface area contributed by atoms with Crippen LogP contribution in [0.25, 0.3) is 17.1 Å². The number of benzene rings is 2. The number of thiazole rings is 1. The number of nitrogens with zero attached hydrogens (tertiary/aromatic N) is 4. The zero-order valence-electron chi connectivity index (χ0n) is 18.0. The predicted molar refractivity (Wildman–Crippen MR) is 136 cm³/mol. The maximum Gasteiger partial charge on any atom is 0.270 e. The zero-order chi connectivity index (χ0) is 23.4. The molecule has 0 aliphatic heterocycles. The van der Waals surface area contributed by atoms with E-state index in [1.54, 1.807) is 5.38 Å². The minimum absolute atomic E-state index is 0.106. The van der Waals surface area contributed by atoms with E-state index in [0.717, 1.165) is 22.7 Å². The molecule has 4 rings (SSSR count). The molecular formula is C23H21Cl2N5OS2. The van der Waals surface area contributed by atoms with E-state index in [0.29, 0.717) is 32.5 Å². The summed E-state index contributed by atoms with van der Waals surface area (Å²) in [6, 6.07) is 15.1. The quantitative estimate of drug-likeness (QED) is 0.269. The van der Waals surface area contributed by atoms with Crippen LogP contribution in [-0.4, -0.2) is 31.7 Å². The molecule has 1 N–H and O–H groups in total. The fraction of sp³-hybridized carbons (Fsp3) is 0.217. The van der Waals surface area contributed by atoms with Gasteiger partial charge in [-0.1, -0.05) is 66.2 Å². The largest absolute Gasteiger partial charge is 0.348 e. The molecule has 1 unspecified atom stereocenters. The highest BCUT2D eigenvalue weighted by molar-refractivity contribution is 7.98. The molecule has 0 saturated heterocycles. The van der Waals surface area contributed by atoms with Crippen molar-refractivity contribution >= 4 is 52.2 Å². The molecular weight excluding hydrogens is 497 g/mol. The van der Waals surface area contributed by atoms with Crippen molar-refractivity contribution in [2.75, 3.05) is 0 Å². The number of hydrogen-bond donors (Lipinski definition) is 1. The number of carbonyl (C=O) groups is 1. The smallest absolute Gasteiger partial charge is 0.270 e. The van der Waals surface area contributed by atoms with E-state index in [1.807, 2.05) is 66.9 Å². The van der Waals surface area contributed by atoms with E-state index in [2.05, 4.69) is 20.5 Å². The lowest BCUT2D eigenvalue weighted by Crippen LogP contribution is -2.32. The Hall–Kier alpha value is -2.39. The molecule has 1 atom stereocenters. The van der Waals surface area contributed by atoms with Crippen molar-refractivity contribution in [3.63, 3.8) is 0 Å². The van der Waals surface area contributed by atoms with Crippen LogP contribution in [0.5, 0.6) is 0 Å². The highest BCUT2D eigenvalue weighted by Crippen LogP contribution is 2.35. The second kappa shape index (κ2) is 10.7. The van der Waals surface area contributed by atoms with E-state index >= 15 is 0 Å². The Bertz CT molecular complexity index is 1270. The van der Waals surface area contributed by atoms with Crippen LogP contribution in [0.2, 0.25) is 10.0 Å². The summed E-state index contributed by atoms with van der Waals surface area (Å²) >= 11 is 15.9. The van der Waals surface area contributed by atoms with Gasteiger partial charge in [0.2, 0.25) is 0 Å². The summed E-state index contributed by atoms with van der Waals surface area (Å²) in [5, 5.41) is 16.2. The van der Waals surface area contributed by atoms with Crippen molar-refractivity contribution in [1.29, 1.82) is 0 Å². The van der Waals surface area contributed by atoms with E-state index in [4.69, 9.17) is 23.2 Å². The minimum Gasteiger partial charge on any atom is -0.348 e. The number of amides is 1. The van der Waals surface area contributed by atoms with Gasteiger partial charge in [-0.25, -0.2) is 4.98 Å². The van der Waals surface area contributed by atoms with Crippen molar-refractivity contribution < 1.29 is 4.79 Å². The molecule has 1 amide bonds. The normalized spacial score (nSPS) is 12.0. The summed E-state index contributed by atoms with van der Waals surface area (Å²) < 4.78 is 1.90. The summed E-state index contributed by atoms with van der Waals surface area (Å²) in [5.74, 6) is 0.980. The molecule has 33 heavy (non-hydrogen) atoms. The zero-order valence-corrected chi connectivity index (χ0v) is 21.1. The summed E-state index contributed by atoms with van der Waals surface area (Å²) in [4.78, 5) is 16.8. The van der Waals surface area contributed by atoms with Crippen molar-refractivity contribution in [2.45, 2.75) is 37.2 Å². The Labute approximate surface area is 210 Å². The Balaban J connectivity index is 1.62. The van der Waals surface area contributed by atoms with Gasteiger partial charge < -0.3 is 5.32 Å². The average Bonchev–Trinajstić information content (AvgIpc) is 3.45. The van der Waals surface area contributed by atoms with E-state index in [9.17, 15) is 4.79 Å². The number of nitrogens with one attached hydrogen (secondary N) is 1. The summed E-state index contributed by atoms with van der Waals surface area (Å²) in [6.45, 7) is 4.00. The summed E-state index contributed by atoms with van der Waals surface area (Å²) in [5.41, 5.74) is 1.95. The standard InChI is InChI=1S/C23H21Cl2N5OS2/c1-3-14(2)26-22(31)18-12-32-20(27-18)13-33-23-29-28-21(15-8-4-5-9-16(15)24)30(23)19-11-7-6-10-17(19)25/h4-12,14H,3,13H2,1-2H3,(H,26,31). The number of thioether (sulfide) groups is 1. The predicted octanol–water partition coefficient (Wildman–Crippen LogP) is 6.52. The van der Waals surface area contributed by atoms with Crippen molar-refractivity contribution in [2.24, 2.45) is 0 Å². The fourth-order valence-electron chi connectivity index (χ4n) is 3.04. The average molecular weight is 518 g/mol. The Morgan fingerprint density at radius 3 is 2.58 bits per heavy atom. The van der Waals surface area contributed by atoms with E-state index in [-0.39, 0.29) is 11.9 Å². The Morgan fingerprint density at radius 2 is 1.85 bits per heavy atom. The molecule has 2 aromatic heterocycles. The second-order valence-corrected chi connectivity index (χ2v) is 9.97. The lowest BCUT2D eigenvalue weighted by atomic mass is 10.2. The lowest BCUT2D eigenvalue weighted by Gasteiger charge is -2.12. The molecule has 0 spiro atoms. The first-order valence-electron chi connectivity index (χ1n) is 10.3. The van der Waals surface area contributed by atoms with Crippen LogP contribution in [0.15, 0.2) is 59.1 Å². The maximum atomic E-state index is 12.3. The topological polar surface area (TPSA) is 72.7 Å². The Morgan fingerprint density at radius 1 is 1.12 bits per heavy atom. The maximum absolute atomic E-state index is 12.3. The van der Waals surface area contributed by atoms with Gasteiger partial charge in [-0.15, -0.1) is 21.5 Å². The van der Waals surface area contributed by atoms with Crippen molar-refractivity contribution in [3.8, 4) is 17.1 Å². The number of halogens is 2. The van der Waals surface area contributed by atoms with Gasteiger partial charge in [0.05, 0.1) is 21.5 Å². The second-order valence-electron chi connectivity index (χ2n) is 7.27. The molecule has 170 valence electrons. The third kappa shape index (κ3) is 5.41. The number of hydrogen-bond acceptors (Lipinski definition) is 6. The number of aromatic nitrogens is 4. The van der Waals surface area contributed by atoms with Gasteiger partial charge in [-0.2, -0.15) is 0 Å². The highest BCUT2D eigenvalue weighted by atomic mass is 35.5. The minimum atomic E-state index is -0.155. The first kappa shape index (κ1) is 23.8. The number of para-hydroxylation sites is 1. The van der Waals surface area contributed by atoms with Gasteiger partial charge in [0.25, 0.3) is 5.91 Å². The number of rotatable bonds is 8. The van der Waals surface area contributed by atoms with Crippen LogP contribution in [0.3, 0.4) is 0 Å². The molecule has 2 aromatic carbocycles. The molecule has 0 radical (unpaired) electrons. The number of carbonyl (C=O) groups excluding carboxylic acids is 1. The first-order valence-corrected chi connectivity index (χ1v) is 12.9. The third-order valence-electron chi connectivity index (χ3n) is 4.94. The van der Waals surface area contributed by atoms with Crippen LogP contribution in [0.4, 0.5) is 0 Å². The van der Waals surface area contributed by atoms with Crippen LogP contribution in [-0.2, 0) is 5.75 Å². The molecule has 0 bridgehead atoms. The van der Waals surface area contributed by atoms with Crippen LogP contribution >= 0.6 is 46.3 Å². The highest BCUT2D eigenvalue weighted by Gasteiger charge is 2.20. The molecule has 10 heteroatoms. The SMILES string of the molecule is CCC(C)NC(=O)c1csc(CSc2nnc(-c3ccccc3Cl)n2-c2ccccc2Cl)n1. The monoisotopic (exact) mass is 517 g/mol. The van der Waals surface area contributed by atoms with Gasteiger partial charge in [-0.05, 0) is 37.6 Å². The van der Waals surface area contributed by atoms with Crippen LogP contribution in [0, 0.1) is 0 Å². The van der Waals surface area contributed by atoms with Crippen LogP contribution < -0.4 is 5.32 Å². The van der Waals surface area contributed by atoms with Gasteiger partial charge in [0.15, 0.2) is 11.0 Å². The molecule has 2 heterocycles. The van der Waals surface area contributed by atoms with E-state index < -0.39 is 0 Å². The van der Waals surface area contributed by atoms with Gasteiger partial charge in [0.1, 0.15) is 10.7 Å². The van der Waals surface area contributed by atoms with Gasteiger partial charge in [0, 0.05) is 17.0 Å². The molecule has 0 aliphatic rings. The lowest BCUT2D eigenvalue weighted by molar-refractivity contribution is 0.0935. The molecule has 0 saturated carbocycles. The fourth-order valence-corrected chi connectivity index (χ4v) is 5.22. The Kier molecular flexibility index (Phi) is 7.70. The van der Waals surface area contributed by atoms with E-state index in [1.165, 1.54) is 23.1 Å². The van der Waals surface area contributed by atoms with Gasteiger partial charge in [-0.3, -0.25) is 9.36 Å². The third-order valence-corrected chi connectivity index (χ3v) is 7.56. The van der Waals surface area contributed by atoms with Crippen LogP contribution in [0.1, 0.15) is 35.8 Å².